The zero-order valence-corrected chi connectivity index (χ0v) is 22.2. The summed E-state index contributed by atoms with van der Waals surface area (Å²) in [7, 11) is 1.83. The van der Waals surface area contributed by atoms with Gasteiger partial charge in [0.2, 0.25) is 5.91 Å². The van der Waals surface area contributed by atoms with Gasteiger partial charge in [-0.15, -0.1) is 0 Å². The first-order chi connectivity index (χ1) is 18.4. The first kappa shape index (κ1) is 26.7. The number of likely N-dealkylation sites (N-methyl/N-ethyl adjacent to an activating group) is 1. The third kappa shape index (κ3) is 6.91. The molecule has 0 radical (unpaired) electrons. The molecule has 0 fully saturated rings. The van der Waals surface area contributed by atoms with Crippen molar-refractivity contribution in [2.24, 2.45) is 0 Å². The minimum absolute atomic E-state index is 0.0138. The summed E-state index contributed by atoms with van der Waals surface area (Å²) in [6.07, 6.45) is 4.52. The summed E-state index contributed by atoms with van der Waals surface area (Å²) >= 11 is 0. The van der Waals surface area contributed by atoms with Crippen molar-refractivity contribution in [1.29, 1.82) is 0 Å². The van der Waals surface area contributed by atoms with E-state index in [1.54, 1.807) is 24.8 Å². The first-order valence-electron chi connectivity index (χ1n) is 12.9. The van der Waals surface area contributed by atoms with Gasteiger partial charge < -0.3 is 18.9 Å². The molecule has 0 saturated heterocycles. The third-order valence-corrected chi connectivity index (χ3v) is 6.41. The zero-order valence-electron chi connectivity index (χ0n) is 22.2. The number of hydrogen-bond donors (Lipinski definition) is 0. The summed E-state index contributed by atoms with van der Waals surface area (Å²) in [4.78, 5) is 27.2. The smallest absolute Gasteiger partial charge is 0.333 e. The molecule has 0 aliphatic heterocycles. The monoisotopic (exact) mass is 510 g/mol. The van der Waals surface area contributed by atoms with Crippen LogP contribution in [0.2, 0.25) is 0 Å². The van der Waals surface area contributed by atoms with E-state index < -0.39 is 0 Å². The van der Waals surface area contributed by atoms with E-state index in [1.807, 2.05) is 84.5 Å². The number of hydrogen-bond acceptors (Lipinski definition) is 4. The summed E-state index contributed by atoms with van der Waals surface area (Å²) in [5, 5.41) is 0.902. The Morgan fingerprint density at radius 2 is 1.63 bits per heavy atom. The van der Waals surface area contributed by atoms with E-state index in [4.69, 9.17) is 9.47 Å². The van der Waals surface area contributed by atoms with Gasteiger partial charge in [0, 0.05) is 41.8 Å². The molecule has 0 aliphatic rings. The van der Waals surface area contributed by atoms with Crippen LogP contribution in [0.15, 0.2) is 90.6 Å². The fraction of sp³-hybridized carbons (Fsp3) is 0.250. The van der Waals surface area contributed by atoms with Gasteiger partial charge in [-0.3, -0.25) is 4.79 Å². The molecule has 4 rings (SSSR count). The van der Waals surface area contributed by atoms with Crippen molar-refractivity contribution in [2.45, 2.75) is 33.4 Å². The van der Waals surface area contributed by atoms with Crippen LogP contribution in [0.25, 0.3) is 17.0 Å². The molecular formula is C32H34N2O4. The number of amides is 1. The lowest BCUT2D eigenvalue weighted by molar-refractivity contribution is -0.138. The van der Waals surface area contributed by atoms with Crippen LogP contribution in [-0.2, 0) is 33.9 Å². The molecule has 0 unspecified atom stereocenters. The molecule has 38 heavy (non-hydrogen) atoms. The predicted molar refractivity (Wildman–Crippen MR) is 151 cm³/mol. The SMILES string of the molecule is CCOC(=O)/C(C)=C\c1cn(CC(=O)N(C)CCc2ccccc2)c2ccc(OCc3ccccc3)cc12. The molecule has 1 aromatic heterocycles. The van der Waals surface area contributed by atoms with Gasteiger partial charge in [-0.25, -0.2) is 4.79 Å². The van der Waals surface area contributed by atoms with Gasteiger partial charge in [0.15, 0.2) is 0 Å². The maximum Gasteiger partial charge on any atom is 0.333 e. The van der Waals surface area contributed by atoms with Crippen LogP contribution in [0.5, 0.6) is 5.75 Å². The Hall–Kier alpha value is -4.32. The average molecular weight is 511 g/mol. The normalized spacial score (nSPS) is 11.4. The van der Waals surface area contributed by atoms with Gasteiger partial charge in [0.25, 0.3) is 0 Å². The van der Waals surface area contributed by atoms with Gasteiger partial charge in [0.05, 0.1) is 6.61 Å². The Labute approximate surface area is 224 Å². The topological polar surface area (TPSA) is 60.8 Å². The molecule has 0 aliphatic carbocycles. The molecule has 0 saturated carbocycles. The third-order valence-electron chi connectivity index (χ3n) is 6.41. The Morgan fingerprint density at radius 3 is 2.32 bits per heavy atom. The van der Waals surface area contributed by atoms with Gasteiger partial charge in [-0.1, -0.05) is 60.7 Å². The number of nitrogens with zero attached hydrogens (tertiary/aromatic N) is 2. The fourth-order valence-electron chi connectivity index (χ4n) is 4.25. The van der Waals surface area contributed by atoms with Crippen LogP contribution < -0.4 is 4.74 Å². The summed E-state index contributed by atoms with van der Waals surface area (Å²) < 4.78 is 13.2. The van der Waals surface area contributed by atoms with Crippen LogP contribution in [0.3, 0.4) is 0 Å². The summed E-state index contributed by atoms with van der Waals surface area (Å²) in [5.74, 6) is 0.371. The van der Waals surface area contributed by atoms with E-state index in [2.05, 4.69) is 12.1 Å². The quantitative estimate of drug-likeness (QED) is 0.187. The van der Waals surface area contributed by atoms with Crippen molar-refractivity contribution in [3.63, 3.8) is 0 Å². The maximum atomic E-state index is 13.1. The van der Waals surface area contributed by atoms with Gasteiger partial charge in [-0.2, -0.15) is 0 Å². The Kier molecular flexibility index (Phi) is 8.98. The average Bonchev–Trinajstić information content (AvgIpc) is 3.27. The number of fused-ring (bicyclic) bond motifs is 1. The van der Waals surface area contributed by atoms with Crippen LogP contribution in [0, 0.1) is 0 Å². The molecule has 1 heterocycles. The van der Waals surface area contributed by atoms with E-state index in [9.17, 15) is 9.59 Å². The molecule has 6 heteroatoms. The highest BCUT2D eigenvalue weighted by molar-refractivity contribution is 5.98. The first-order valence-corrected chi connectivity index (χ1v) is 12.9. The standard InChI is InChI=1S/C32H34N2O4/c1-4-37-32(36)24(2)19-27-21-34(22-31(35)33(3)18-17-25-11-7-5-8-12-25)30-16-15-28(20-29(27)30)38-23-26-13-9-6-10-14-26/h5-16,19-21H,4,17-18,22-23H2,1-3H3/b24-19-. The van der Waals surface area contributed by atoms with E-state index in [1.165, 1.54) is 5.56 Å². The summed E-state index contributed by atoms with van der Waals surface area (Å²) in [5.41, 5.74) is 4.49. The second-order valence-electron chi connectivity index (χ2n) is 9.26. The lowest BCUT2D eigenvalue weighted by Crippen LogP contribution is -2.31. The Morgan fingerprint density at radius 1 is 0.947 bits per heavy atom. The maximum absolute atomic E-state index is 13.1. The molecule has 3 aromatic carbocycles. The second-order valence-corrected chi connectivity index (χ2v) is 9.26. The number of aromatic nitrogens is 1. The van der Waals surface area contributed by atoms with E-state index >= 15 is 0 Å². The van der Waals surface area contributed by atoms with Crippen LogP contribution in [-0.4, -0.2) is 41.5 Å². The van der Waals surface area contributed by atoms with E-state index in [0.29, 0.717) is 31.1 Å². The van der Waals surface area contributed by atoms with Crippen LogP contribution >= 0.6 is 0 Å². The number of ether oxygens (including phenoxy) is 2. The highest BCUT2D eigenvalue weighted by atomic mass is 16.5. The van der Waals surface area contributed by atoms with Crippen molar-refractivity contribution in [3.05, 3.63) is 107 Å². The molecule has 0 atom stereocenters. The van der Waals surface area contributed by atoms with E-state index in [0.717, 1.165) is 28.5 Å². The molecule has 1 amide bonds. The Balaban J connectivity index is 1.57. The number of carbonyl (C=O) groups excluding carboxylic acids is 2. The lowest BCUT2D eigenvalue weighted by Gasteiger charge is -2.18. The van der Waals surface area contributed by atoms with Crippen LogP contribution in [0.4, 0.5) is 0 Å². The Bertz CT molecular complexity index is 1410. The fourth-order valence-corrected chi connectivity index (χ4v) is 4.25. The van der Waals surface area contributed by atoms with Gasteiger partial charge in [-0.05, 0) is 55.7 Å². The van der Waals surface area contributed by atoms with Gasteiger partial charge in [0.1, 0.15) is 18.9 Å². The van der Waals surface area contributed by atoms with E-state index in [-0.39, 0.29) is 18.4 Å². The number of rotatable bonds is 11. The van der Waals surface area contributed by atoms with Crippen LogP contribution in [0.1, 0.15) is 30.5 Å². The number of esters is 1. The second kappa shape index (κ2) is 12.8. The molecule has 6 nitrogen and oxygen atoms in total. The lowest BCUT2D eigenvalue weighted by atomic mass is 10.1. The molecule has 0 spiro atoms. The summed E-state index contributed by atoms with van der Waals surface area (Å²) in [6.45, 7) is 5.11. The van der Waals surface area contributed by atoms with Crippen molar-refractivity contribution in [3.8, 4) is 5.75 Å². The minimum atomic E-state index is -0.360. The highest BCUT2D eigenvalue weighted by Gasteiger charge is 2.16. The molecule has 0 bridgehead atoms. The number of carbonyl (C=O) groups is 2. The molecule has 0 N–H and O–H groups in total. The molecular weight excluding hydrogens is 476 g/mol. The van der Waals surface area contributed by atoms with Crippen molar-refractivity contribution in [1.82, 2.24) is 9.47 Å². The summed E-state index contributed by atoms with van der Waals surface area (Å²) in [6, 6.07) is 26.0. The minimum Gasteiger partial charge on any atom is -0.489 e. The zero-order chi connectivity index (χ0) is 26.9. The van der Waals surface area contributed by atoms with Gasteiger partial charge >= 0.3 is 5.97 Å². The van der Waals surface area contributed by atoms with Crippen molar-refractivity contribution >= 4 is 28.9 Å². The van der Waals surface area contributed by atoms with Crippen molar-refractivity contribution in [2.75, 3.05) is 20.2 Å². The molecule has 4 aromatic rings. The molecule has 196 valence electrons. The predicted octanol–water partition coefficient (Wildman–Crippen LogP) is 5.89. The largest absolute Gasteiger partial charge is 0.489 e. The highest BCUT2D eigenvalue weighted by Crippen LogP contribution is 2.29. The number of benzene rings is 3. The van der Waals surface area contributed by atoms with Crippen molar-refractivity contribution < 1.29 is 19.1 Å².